The van der Waals surface area contributed by atoms with Gasteiger partial charge in [0.25, 0.3) is 0 Å². The van der Waals surface area contributed by atoms with E-state index in [0.29, 0.717) is 25.4 Å². The number of hydrogen-bond acceptors (Lipinski definition) is 5. The average Bonchev–Trinajstić information content (AvgIpc) is 3.23. The molecule has 1 fully saturated rings. The van der Waals surface area contributed by atoms with Gasteiger partial charge in [0.2, 0.25) is 5.91 Å². The number of likely N-dealkylation sites (tertiary alicyclic amines) is 1. The SMILES string of the molecule is Cc1csc(=O)n1CCC(=O)N1CCCC(c2nc3ccccc3o2)C1. The number of benzene rings is 1. The standard InChI is InChI=1S/C19H21N3O3S/c1-13-12-26-19(24)22(13)10-8-17(23)21-9-4-5-14(11-21)18-20-15-6-2-3-7-16(15)25-18/h2-3,6-7,12,14H,4-5,8-11H2,1H3. The summed E-state index contributed by atoms with van der Waals surface area (Å²) in [4.78, 5) is 30.9. The van der Waals surface area contributed by atoms with Crippen molar-refractivity contribution in [1.29, 1.82) is 0 Å². The second-order valence-corrected chi connectivity index (χ2v) is 7.56. The summed E-state index contributed by atoms with van der Waals surface area (Å²) in [5, 5.41) is 1.83. The second-order valence-electron chi connectivity index (χ2n) is 6.74. The fourth-order valence-electron chi connectivity index (χ4n) is 3.51. The van der Waals surface area contributed by atoms with Crippen molar-refractivity contribution in [3.8, 4) is 0 Å². The smallest absolute Gasteiger partial charge is 0.307 e. The van der Waals surface area contributed by atoms with Crippen LogP contribution in [0.25, 0.3) is 11.1 Å². The minimum absolute atomic E-state index is 0.00158. The summed E-state index contributed by atoms with van der Waals surface area (Å²) < 4.78 is 7.56. The molecular weight excluding hydrogens is 350 g/mol. The van der Waals surface area contributed by atoms with Crippen molar-refractivity contribution in [2.24, 2.45) is 0 Å². The van der Waals surface area contributed by atoms with Crippen LogP contribution in [-0.4, -0.2) is 33.4 Å². The van der Waals surface area contributed by atoms with Gasteiger partial charge in [0, 0.05) is 37.1 Å². The Balaban J connectivity index is 1.42. The molecule has 0 spiro atoms. The first-order valence-electron chi connectivity index (χ1n) is 8.90. The lowest BCUT2D eigenvalue weighted by Gasteiger charge is -2.31. The molecule has 1 aromatic carbocycles. The molecule has 1 aliphatic rings. The van der Waals surface area contributed by atoms with Gasteiger partial charge >= 0.3 is 4.87 Å². The fourth-order valence-corrected chi connectivity index (χ4v) is 4.27. The molecule has 1 unspecified atom stereocenters. The highest BCUT2D eigenvalue weighted by molar-refractivity contribution is 7.07. The van der Waals surface area contributed by atoms with Gasteiger partial charge in [0.1, 0.15) is 5.52 Å². The van der Waals surface area contributed by atoms with Gasteiger partial charge in [-0.1, -0.05) is 23.5 Å². The van der Waals surface area contributed by atoms with E-state index in [2.05, 4.69) is 4.98 Å². The quantitative estimate of drug-likeness (QED) is 0.706. The van der Waals surface area contributed by atoms with Crippen LogP contribution in [0.15, 0.2) is 38.9 Å². The number of aryl methyl sites for hydroxylation is 1. The third-order valence-electron chi connectivity index (χ3n) is 4.96. The van der Waals surface area contributed by atoms with Crippen molar-refractivity contribution < 1.29 is 9.21 Å². The predicted octanol–water partition coefficient (Wildman–Crippen LogP) is 3.16. The normalized spacial score (nSPS) is 17.7. The second kappa shape index (κ2) is 7.07. The first-order valence-corrected chi connectivity index (χ1v) is 9.78. The van der Waals surface area contributed by atoms with Gasteiger partial charge in [0.05, 0.1) is 5.92 Å². The molecule has 0 saturated carbocycles. The fraction of sp³-hybridized carbons (Fsp3) is 0.421. The van der Waals surface area contributed by atoms with Crippen molar-refractivity contribution in [3.05, 3.63) is 50.9 Å². The number of rotatable bonds is 4. The number of aromatic nitrogens is 2. The van der Waals surface area contributed by atoms with Gasteiger partial charge in [-0.15, -0.1) is 0 Å². The first-order chi connectivity index (χ1) is 12.6. The molecule has 1 atom stereocenters. The number of para-hydroxylation sites is 2. The van der Waals surface area contributed by atoms with Crippen molar-refractivity contribution in [2.45, 2.75) is 38.6 Å². The molecule has 0 aliphatic carbocycles. The molecule has 4 rings (SSSR count). The summed E-state index contributed by atoms with van der Waals surface area (Å²) in [5.74, 6) is 0.933. The van der Waals surface area contributed by atoms with Crippen molar-refractivity contribution in [2.75, 3.05) is 13.1 Å². The molecule has 3 aromatic rings. The summed E-state index contributed by atoms with van der Waals surface area (Å²) >= 11 is 1.18. The van der Waals surface area contributed by atoms with Crippen LogP contribution >= 0.6 is 11.3 Å². The maximum absolute atomic E-state index is 12.6. The molecule has 0 N–H and O–H groups in total. The number of piperidine rings is 1. The molecule has 0 bridgehead atoms. The summed E-state index contributed by atoms with van der Waals surface area (Å²) in [6.07, 6.45) is 2.25. The first kappa shape index (κ1) is 17.0. The Hall–Kier alpha value is -2.41. The summed E-state index contributed by atoms with van der Waals surface area (Å²) in [7, 11) is 0. The highest BCUT2D eigenvalue weighted by Gasteiger charge is 2.28. The maximum atomic E-state index is 12.6. The molecule has 0 radical (unpaired) electrons. The minimum Gasteiger partial charge on any atom is -0.440 e. The van der Waals surface area contributed by atoms with Crippen molar-refractivity contribution in [3.63, 3.8) is 0 Å². The zero-order valence-corrected chi connectivity index (χ0v) is 15.5. The number of carbonyl (C=O) groups excluding carboxylic acids is 1. The summed E-state index contributed by atoms with van der Waals surface area (Å²) in [6.45, 7) is 3.72. The Morgan fingerprint density at radius 1 is 1.38 bits per heavy atom. The molecule has 2 aromatic heterocycles. The molecule has 1 aliphatic heterocycles. The molecule has 3 heterocycles. The topological polar surface area (TPSA) is 68.3 Å². The average molecular weight is 371 g/mol. The predicted molar refractivity (Wildman–Crippen MR) is 100 cm³/mol. The number of carbonyl (C=O) groups is 1. The van der Waals surface area contributed by atoms with Crippen molar-refractivity contribution in [1.82, 2.24) is 14.5 Å². The van der Waals surface area contributed by atoms with E-state index >= 15 is 0 Å². The van der Waals surface area contributed by atoms with Gasteiger partial charge in [-0.25, -0.2) is 4.98 Å². The third kappa shape index (κ3) is 3.31. The van der Waals surface area contributed by atoms with Crippen LogP contribution in [0.2, 0.25) is 0 Å². The van der Waals surface area contributed by atoms with Gasteiger partial charge < -0.3 is 13.9 Å². The highest BCUT2D eigenvalue weighted by atomic mass is 32.1. The molecule has 6 nitrogen and oxygen atoms in total. The van der Waals surface area contributed by atoms with E-state index in [1.54, 1.807) is 4.57 Å². The lowest BCUT2D eigenvalue weighted by atomic mass is 9.97. The van der Waals surface area contributed by atoms with Crippen LogP contribution in [0.5, 0.6) is 0 Å². The zero-order chi connectivity index (χ0) is 18.1. The molecular formula is C19H21N3O3S. The number of thiazole rings is 1. The van der Waals surface area contributed by atoms with E-state index in [1.165, 1.54) is 11.3 Å². The van der Waals surface area contributed by atoms with E-state index in [4.69, 9.17) is 4.42 Å². The Morgan fingerprint density at radius 3 is 3.00 bits per heavy atom. The molecule has 26 heavy (non-hydrogen) atoms. The zero-order valence-electron chi connectivity index (χ0n) is 14.7. The maximum Gasteiger partial charge on any atom is 0.307 e. The van der Waals surface area contributed by atoms with E-state index < -0.39 is 0 Å². The summed E-state index contributed by atoms with van der Waals surface area (Å²) in [5.41, 5.74) is 2.56. The lowest BCUT2D eigenvalue weighted by Crippen LogP contribution is -2.39. The molecule has 1 amide bonds. The van der Waals surface area contributed by atoms with Gasteiger partial charge in [-0.2, -0.15) is 0 Å². The number of oxazole rings is 1. The Kier molecular flexibility index (Phi) is 4.63. The van der Waals surface area contributed by atoms with Crippen LogP contribution in [0, 0.1) is 6.92 Å². The van der Waals surface area contributed by atoms with E-state index in [0.717, 1.165) is 36.2 Å². The monoisotopic (exact) mass is 371 g/mol. The Bertz CT molecular complexity index is 954. The number of hydrogen-bond donors (Lipinski definition) is 0. The van der Waals surface area contributed by atoms with E-state index in [1.807, 2.05) is 41.5 Å². The van der Waals surface area contributed by atoms with Crippen LogP contribution in [0.1, 0.15) is 36.8 Å². The summed E-state index contributed by atoms with van der Waals surface area (Å²) in [6, 6.07) is 7.73. The lowest BCUT2D eigenvalue weighted by molar-refractivity contribution is -0.132. The van der Waals surface area contributed by atoms with Crippen LogP contribution in [0.3, 0.4) is 0 Å². The molecule has 136 valence electrons. The van der Waals surface area contributed by atoms with E-state index in [9.17, 15) is 9.59 Å². The van der Waals surface area contributed by atoms with E-state index in [-0.39, 0.29) is 16.7 Å². The van der Waals surface area contributed by atoms with Crippen LogP contribution < -0.4 is 4.87 Å². The highest BCUT2D eigenvalue weighted by Crippen LogP contribution is 2.29. The van der Waals surface area contributed by atoms with Crippen LogP contribution in [-0.2, 0) is 11.3 Å². The van der Waals surface area contributed by atoms with Crippen LogP contribution in [0.4, 0.5) is 0 Å². The third-order valence-corrected chi connectivity index (χ3v) is 5.84. The molecule has 7 heteroatoms. The van der Waals surface area contributed by atoms with Gasteiger partial charge in [-0.05, 0) is 31.9 Å². The Labute approximate surface area is 155 Å². The number of amides is 1. The number of nitrogens with zero attached hydrogens (tertiary/aromatic N) is 3. The minimum atomic E-state index is -0.00158. The number of fused-ring (bicyclic) bond motifs is 1. The molecule has 1 saturated heterocycles. The Morgan fingerprint density at radius 2 is 2.23 bits per heavy atom. The van der Waals surface area contributed by atoms with Gasteiger partial charge in [-0.3, -0.25) is 9.59 Å². The van der Waals surface area contributed by atoms with Gasteiger partial charge in [0.15, 0.2) is 11.5 Å². The van der Waals surface area contributed by atoms with Crippen molar-refractivity contribution >= 4 is 28.3 Å². The largest absolute Gasteiger partial charge is 0.440 e.